The molecule has 10 heteroatoms. The van der Waals surface area contributed by atoms with E-state index in [1.165, 1.54) is 24.1 Å². The van der Waals surface area contributed by atoms with E-state index >= 15 is 0 Å². The highest BCUT2D eigenvalue weighted by Gasteiger charge is 2.59. The summed E-state index contributed by atoms with van der Waals surface area (Å²) in [6.45, 7) is 16.0. The summed E-state index contributed by atoms with van der Waals surface area (Å²) in [6.07, 6.45) is 0. The minimum Gasteiger partial charge on any atom is -0.467 e. The number of methoxy groups -OCH3 is 1. The Bertz CT molecular complexity index is 974. The summed E-state index contributed by atoms with van der Waals surface area (Å²) >= 11 is 0. The molecular formula is C23H35NO6S2Si. The van der Waals surface area contributed by atoms with Gasteiger partial charge >= 0.3 is 5.97 Å². The first-order valence-corrected chi connectivity index (χ1v) is 16.5. The smallest absolute Gasteiger partial charge is 0.332 e. The Kier molecular flexibility index (Phi) is 9.00. The standard InChI is InChI=1S/C23H35NO6S2Si/c1-15(2)19(22(26)29-6)24-20(25)18(17(23(3,4)5)14-30-33(7)8)21(24)31-32(27,28)16-12-10-9-11-13-16/h9-13,17-19,21,33H,1,14H2,2-8H3/t17-,18+,19?,21-/m1/s1. The number of likely N-dealkylation sites (tertiary alicyclic amines) is 1. The molecule has 1 saturated heterocycles. The van der Waals surface area contributed by atoms with Crippen molar-refractivity contribution in [1.29, 1.82) is 0 Å². The van der Waals surface area contributed by atoms with Gasteiger partial charge in [-0.05, 0) is 53.9 Å². The Morgan fingerprint density at radius 2 is 1.82 bits per heavy atom. The molecule has 1 amide bonds. The van der Waals surface area contributed by atoms with Crippen LogP contribution in [0.15, 0.2) is 47.4 Å². The SMILES string of the molecule is C=C(C)C(C(=O)OC)N1C(=O)[C@H]([C@@H](CO[SiH](C)C)C(C)(C)C)[C@H]1SS(=O)(=O)c1ccccc1. The maximum Gasteiger partial charge on any atom is 0.332 e. The van der Waals surface area contributed by atoms with Gasteiger partial charge < -0.3 is 14.1 Å². The van der Waals surface area contributed by atoms with Crippen molar-refractivity contribution in [3.05, 3.63) is 42.5 Å². The lowest BCUT2D eigenvalue weighted by atomic mass is 9.69. The van der Waals surface area contributed by atoms with E-state index in [-0.39, 0.29) is 22.1 Å². The molecule has 0 radical (unpaired) electrons. The first-order chi connectivity index (χ1) is 15.2. The fraction of sp³-hybridized carbons (Fsp3) is 0.565. The summed E-state index contributed by atoms with van der Waals surface area (Å²) in [5.41, 5.74) is 0.0872. The van der Waals surface area contributed by atoms with Gasteiger partial charge in [-0.1, -0.05) is 45.5 Å². The monoisotopic (exact) mass is 513 g/mol. The van der Waals surface area contributed by atoms with E-state index in [1.54, 1.807) is 25.1 Å². The average Bonchev–Trinajstić information content (AvgIpc) is 2.72. The number of amides is 1. The van der Waals surface area contributed by atoms with Crippen molar-refractivity contribution < 1.29 is 27.2 Å². The first kappa shape index (κ1) is 27.6. The molecule has 2 rings (SSSR count). The van der Waals surface area contributed by atoms with Gasteiger partial charge in [0.15, 0.2) is 15.1 Å². The molecule has 1 aromatic carbocycles. The van der Waals surface area contributed by atoms with E-state index in [4.69, 9.17) is 9.16 Å². The quantitative estimate of drug-likeness (QED) is 0.155. The van der Waals surface area contributed by atoms with E-state index in [0.717, 1.165) is 0 Å². The molecule has 1 heterocycles. The maximum absolute atomic E-state index is 13.5. The van der Waals surface area contributed by atoms with Gasteiger partial charge in [0, 0.05) is 12.5 Å². The van der Waals surface area contributed by atoms with E-state index in [1.807, 2.05) is 20.8 Å². The van der Waals surface area contributed by atoms with Crippen LogP contribution in [0.2, 0.25) is 13.1 Å². The number of nitrogens with zero attached hydrogens (tertiary/aromatic N) is 1. The number of benzene rings is 1. The molecular weight excluding hydrogens is 478 g/mol. The van der Waals surface area contributed by atoms with Crippen molar-refractivity contribution in [2.75, 3.05) is 13.7 Å². The Balaban J connectivity index is 2.53. The molecule has 0 aliphatic carbocycles. The number of carbonyl (C=O) groups excluding carboxylic acids is 2. The third-order valence-electron chi connectivity index (χ3n) is 5.70. The van der Waals surface area contributed by atoms with E-state index < -0.39 is 41.2 Å². The van der Waals surface area contributed by atoms with Crippen molar-refractivity contribution in [2.45, 2.75) is 57.1 Å². The zero-order chi connectivity index (χ0) is 25.1. The zero-order valence-corrected chi connectivity index (χ0v) is 23.2. The van der Waals surface area contributed by atoms with Gasteiger partial charge in [0.25, 0.3) is 0 Å². The molecule has 1 aliphatic rings. The Hall–Kier alpha value is -1.62. The number of hydrogen-bond donors (Lipinski definition) is 0. The largest absolute Gasteiger partial charge is 0.467 e. The molecule has 0 saturated carbocycles. The number of carbonyl (C=O) groups is 2. The fourth-order valence-electron chi connectivity index (χ4n) is 3.89. The van der Waals surface area contributed by atoms with Crippen LogP contribution in [0.1, 0.15) is 27.7 Å². The number of esters is 1. The van der Waals surface area contributed by atoms with Gasteiger partial charge in [0.05, 0.1) is 17.9 Å². The molecule has 1 aliphatic heterocycles. The molecule has 0 aromatic heterocycles. The topological polar surface area (TPSA) is 90.0 Å². The van der Waals surface area contributed by atoms with Crippen molar-refractivity contribution in [2.24, 2.45) is 17.3 Å². The zero-order valence-electron chi connectivity index (χ0n) is 20.4. The average molecular weight is 514 g/mol. The van der Waals surface area contributed by atoms with Gasteiger partial charge in [0.2, 0.25) is 14.8 Å². The highest BCUT2D eigenvalue weighted by atomic mass is 33.1. The van der Waals surface area contributed by atoms with Crippen LogP contribution in [0, 0.1) is 17.3 Å². The third kappa shape index (κ3) is 6.29. The summed E-state index contributed by atoms with van der Waals surface area (Å²) < 4.78 is 37.5. The van der Waals surface area contributed by atoms with E-state index in [0.29, 0.717) is 23.0 Å². The second kappa shape index (κ2) is 10.8. The third-order valence-corrected chi connectivity index (χ3v) is 10.3. The lowest BCUT2D eigenvalue weighted by Crippen LogP contribution is -2.68. The fourth-order valence-corrected chi connectivity index (χ4v) is 8.17. The second-order valence-corrected chi connectivity index (χ2v) is 16.0. The van der Waals surface area contributed by atoms with Crippen LogP contribution in [0.25, 0.3) is 0 Å². The van der Waals surface area contributed by atoms with E-state index in [9.17, 15) is 18.0 Å². The van der Waals surface area contributed by atoms with Crippen LogP contribution in [-0.2, 0) is 27.6 Å². The summed E-state index contributed by atoms with van der Waals surface area (Å²) in [5, 5.41) is -0.787. The van der Waals surface area contributed by atoms with Crippen LogP contribution in [0.5, 0.6) is 0 Å². The molecule has 1 unspecified atom stereocenters. The highest BCUT2D eigenvalue weighted by Crippen LogP contribution is 2.50. The minimum atomic E-state index is -3.80. The van der Waals surface area contributed by atoms with Crippen molar-refractivity contribution >= 4 is 40.6 Å². The molecule has 184 valence electrons. The molecule has 33 heavy (non-hydrogen) atoms. The first-order valence-electron chi connectivity index (χ1n) is 10.9. The molecule has 1 fully saturated rings. The molecule has 4 atom stereocenters. The lowest BCUT2D eigenvalue weighted by molar-refractivity contribution is -0.169. The van der Waals surface area contributed by atoms with Gasteiger partial charge in [-0.15, -0.1) is 0 Å². The van der Waals surface area contributed by atoms with Crippen molar-refractivity contribution in [3.8, 4) is 0 Å². The maximum atomic E-state index is 13.5. The summed E-state index contributed by atoms with van der Waals surface area (Å²) in [4.78, 5) is 27.5. The van der Waals surface area contributed by atoms with Crippen LogP contribution in [0.4, 0.5) is 0 Å². The predicted molar refractivity (Wildman–Crippen MR) is 134 cm³/mol. The number of β-lactam (4-membered cyclic amide) rings is 1. The highest BCUT2D eigenvalue weighted by molar-refractivity contribution is 8.72. The molecule has 0 N–H and O–H groups in total. The normalized spacial score (nSPS) is 20.8. The Morgan fingerprint density at radius 3 is 2.27 bits per heavy atom. The van der Waals surface area contributed by atoms with Crippen LogP contribution in [0.3, 0.4) is 0 Å². The molecule has 0 spiro atoms. The number of rotatable bonds is 10. The van der Waals surface area contributed by atoms with E-state index in [2.05, 4.69) is 19.7 Å². The number of ether oxygens (including phenoxy) is 1. The van der Waals surface area contributed by atoms with Gasteiger partial charge in [0.1, 0.15) is 5.37 Å². The van der Waals surface area contributed by atoms with Crippen LogP contribution in [-0.4, -0.2) is 59.4 Å². The molecule has 0 bridgehead atoms. The second-order valence-electron chi connectivity index (χ2n) is 9.65. The van der Waals surface area contributed by atoms with Gasteiger partial charge in [-0.25, -0.2) is 13.2 Å². The summed E-state index contributed by atoms with van der Waals surface area (Å²) in [7, 11) is -3.24. The lowest BCUT2D eigenvalue weighted by Gasteiger charge is -2.54. The van der Waals surface area contributed by atoms with Crippen LogP contribution < -0.4 is 0 Å². The Morgan fingerprint density at radius 1 is 1.24 bits per heavy atom. The van der Waals surface area contributed by atoms with Crippen LogP contribution >= 0.6 is 10.8 Å². The minimum absolute atomic E-state index is 0.149. The molecule has 7 nitrogen and oxygen atoms in total. The Labute approximate surface area is 202 Å². The van der Waals surface area contributed by atoms with Crippen molar-refractivity contribution in [3.63, 3.8) is 0 Å². The number of hydrogen-bond acceptors (Lipinski definition) is 7. The van der Waals surface area contributed by atoms with Gasteiger partial charge in [-0.2, -0.15) is 0 Å². The van der Waals surface area contributed by atoms with Crippen molar-refractivity contribution in [1.82, 2.24) is 4.90 Å². The summed E-state index contributed by atoms with van der Waals surface area (Å²) in [6, 6.07) is 7.03. The summed E-state index contributed by atoms with van der Waals surface area (Å²) in [5.74, 6) is -1.80. The molecule has 1 aromatic rings. The predicted octanol–water partition coefficient (Wildman–Crippen LogP) is 3.67. The van der Waals surface area contributed by atoms with Gasteiger partial charge in [-0.3, -0.25) is 4.79 Å².